The third-order valence-electron chi connectivity index (χ3n) is 2.07. The quantitative estimate of drug-likeness (QED) is 0.584. The van der Waals surface area contributed by atoms with Gasteiger partial charge in [0.15, 0.2) is 0 Å². The molecule has 1 aromatic rings. The first-order valence-corrected chi connectivity index (χ1v) is 4.93. The second-order valence-corrected chi connectivity index (χ2v) is 3.30. The normalized spacial score (nSPS) is 11.9. The Hall–Kier alpha value is -1.20. The maximum absolute atomic E-state index is 5.50. The van der Waals surface area contributed by atoms with Gasteiger partial charge in [0.2, 0.25) is 0 Å². The lowest BCUT2D eigenvalue weighted by atomic mass is 10.2. The van der Waals surface area contributed by atoms with E-state index in [0.717, 1.165) is 24.5 Å². The largest absolute Gasteiger partial charge is 0.465 e. The van der Waals surface area contributed by atoms with E-state index in [4.69, 9.17) is 4.42 Å². The molecule has 0 amide bonds. The zero-order valence-electron chi connectivity index (χ0n) is 9.05. The summed E-state index contributed by atoms with van der Waals surface area (Å²) in [6.07, 6.45) is 0.889. The van der Waals surface area contributed by atoms with Gasteiger partial charge in [0.05, 0.1) is 6.04 Å². The third kappa shape index (κ3) is 3.27. The minimum atomic E-state index is 0.266. The first-order valence-electron chi connectivity index (χ1n) is 4.93. The van der Waals surface area contributed by atoms with Crippen molar-refractivity contribution in [3.63, 3.8) is 0 Å². The van der Waals surface area contributed by atoms with Gasteiger partial charge in [-0.05, 0) is 32.9 Å². The zero-order chi connectivity index (χ0) is 10.4. The maximum Gasteiger partial charge on any atom is 0.120 e. The molecule has 1 rings (SSSR count). The van der Waals surface area contributed by atoms with Crippen molar-refractivity contribution in [3.05, 3.63) is 23.7 Å². The molecule has 0 aliphatic rings. The second kappa shape index (κ2) is 5.51. The van der Waals surface area contributed by atoms with Crippen molar-refractivity contribution in [1.29, 1.82) is 0 Å². The van der Waals surface area contributed by atoms with Crippen molar-refractivity contribution < 1.29 is 4.42 Å². The molecular weight excluding hydrogens is 174 g/mol. The van der Waals surface area contributed by atoms with Gasteiger partial charge in [0.25, 0.3) is 0 Å². The molecule has 14 heavy (non-hydrogen) atoms. The van der Waals surface area contributed by atoms with Crippen molar-refractivity contribution in [1.82, 2.24) is 5.32 Å². The van der Waals surface area contributed by atoms with Crippen LogP contribution in [0.3, 0.4) is 0 Å². The molecule has 2 nitrogen and oxygen atoms in total. The van der Waals surface area contributed by atoms with Crippen LogP contribution in [0.2, 0.25) is 0 Å². The summed E-state index contributed by atoms with van der Waals surface area (Å²) in [5.74, 6) is 7.84. The van der Waals surface area contributed by atoms with Crippen LogP contribution in [-0.2, 0) is 0 Å². The fourth-order valence-electron chi connectivity index (χ4n) is 1.26. The monoisotopic (exact) mass is 191 g/mol. The molecule has 1 unspecified atom stereocenters. The Balaban J connectivity index is 2.34. The van der Waals surface area contributed by atoms with E-state index in [2.05, 4.69) is 24.1 Å². The Bertz CT molecular complexity index is 330. The predicted molar refractivity (Wildman–Crippen MR) is 57.9 cm³/mol. The number of furan rings is 1. The molecule has 1 N–H and O–H groups in total. The molecule has 1 heterocycles. The molecule has 0 fully saturated rings. The summed E-state index contributed by atoms with van der Waals surface area (Å²) in [5.41, 5.74) is 0. The third-order valence-corrected chi connectivity index (χ3v) is 2.07. The van der Waals surface area contributed by atoms with Crippen molar-refractivity contribution in [3.8, 4) is 11.8 Å². The van der Waals surface area contributed by atoms with Gasteiger partial charge in [0.1, 0.15) is 11.5 Å². The molecule has 76 valence electrons. The summed E-state index contributed by atoms with van der Waals surface area (Å²) in [7, 11) is 0. The molecule has 0 saturated carbocycles. The van der Waals surface area contributed by atoms with Crippen LogP contribution in [0, 0.1) is 18.8 Å². The van der Waals surface area contributed by atoms with Gasteiger partial charge in [-0.2, -0.15) is 0 Å². The van der Waals surface area contributed by atoms with Crippen LogP contribution >= 0.6 is 0 Å². The molecule has 0 radical (unpaired) electrons. The predicted octanol–water partition coefficient (Wildman–Crippen LogP) is 2.65. The smallest absolute Gasteiger partial charge is 0.120 e. The van der Waals surface area contributed by atoms with Crippen molar-refractivity contribution in [2.75, 3.05) is 6.54 Å². The van der Waals surface area contributed by atoms with Gasteiger partial charge >= 0.3 is 0 Å². The molecular formula is C12H17NO. The first kappa shape index (κ1) is 10.9. The van der Waals surface area contributed by atoms with Crippen LogP contribution in [0.5, 0.6) is 0 Å². The van der Waals surface area contributed by atoms with Crippen molar-refractivity contribution >= 4 is 0 Å². The highest BCUT2D eigenvalue weighted by molar-refractivity contribution is 5.09. The van der Waals surface area contributed by atoms with E-state index < -0.39 is 0 Å². The average molecular weight is 191 g/mol. The van der Waals surface area contributed by atoms with E-state index in [-0.39, 0.29) is 6.04 Å². The highest BCUT2D eigenvalue weighted by atomic mass is 16.3. The fraction of sp³-hybridized carbons (Fsp3) is 0.500. The standard InChI is InChI=1S/C12H17NO/c1-4-5-6-9-13-11(3)12-8-7-10(2)14-12/h7-8,11,13H,6,9H2,1-3H3. The Morgan fingerprint density at radius 2 is 2.29 bits per heavy atom. The number of hydrogen-bond donors (Lipinski definition) is 1. The lowest BCUT2D eigenvalue weighted by Crippen LogP contribution is -2.18. The molecule has 0 aliphatic heterocycles. The van der Waals surface area contributed by atoms with Crippen LogP contribution < -0.4 is 5.32 Å². The van der Waals surface area contributed by atoms with Gasteiger partial charge in [-0.25, -0.2) is 0 Å². The minimum Gasteiger partial charge on any atom is -0.465 e. The van der Waals surface area contributed by atoms with Crippen LogP contribution in [0.4, 0.5) is 0 Å². The molecule has 2 heteroatoms. The number of hydrogen-bond acceptors (Lipinski definition) is 2. The fourth-order valence-corrected chi connectivity index (χ4v) is 1.26. The first-order chi connectivity index (χ1) is 6.74. The maximum atomic E-state index is 5.50. The number of nitrogens with one attached hydrogen (secondary N) is 1. The highest BCUT2D eigenvalue weighted by Crippen LogP contribution is 2.14. The Morgan fingerprint density at radius 1 is 1.50 bits per heavy atom. The van der Waals surface area contributed by atoms with Crippen molar-refractivity contribution in [2.45, 2.75) is 33.2 Å². The van der Waals surface area contributed by atoms with Crippen molar-refractivity contribution in [2.24, 2.45) is 0 Å². The molecule has 0 aromatic carbocycles. The van der Waals surface area contributed by atoms with Crippen LogP contribution in [0.15, 0.2) is 16.5 Å². The molecule has 0 spiro atoms. The second-order valence-electron chi connectivity index (χ2n) is 3.30. The molecule has 1 aromatic heterocycles. The SMILES string of the molecule is CC#CCCNC(C)c1ccc(C)o1. The topological polar surface area (TPSA) is 25.2 Å². The minimum absolute atomic E-state index is 0.266. The van der Waals surface area contributed by atoms with Crippen LogP contribution in [0.25, 0.3) is 0 Å². The van der Waals surface area contributed by atoms with E-state index in [0.29, 0.717) is 0 Å². The summed E-state index contributed by atoms with van der Waals surface area (Å²) >= 11 is 0. The molecule has 0 aliphatic carbocycles. The average Bonchev–Trinajstić information content (AvgIpc) is 2.59. The van der Waals surface area contributed by atoms with Gasteiger partial charge in [-0.3, -0.25) is 0 Å². The van der Waals surface area contributed by atoms with Gasteiger partial charge in [-0.1, -0.05) is 0 Å². The Morgan fingerprint density at radius 3 is 2.86 bits per heavy atom. The lowest BCUT2D eigenvalue weighted by molar-refractivity contribution is 0.419. The van der Waals surface area contributed by atoms with E-state index in [1.165, 1.54) is 0 Å². The van der Waals surface area contributed by atoms with Gasteiger partial charge in [-0.15, -0.1) is 11.8 Å². The molecule has 0 bridgehead atoms. The Labute approximate surface area is 85.7 Å². The summed E-state index contributed by atoms with van der Waals surface area (Å²) in [4.78, 5) is 0. The van der Waals surface area contributed by atoms with Gasteiger partial charge < -0.3 is 9.73 Å². The van der Waals surface area contributed by atoms with E-state index >= 15 is 0 Å². The van der Waals surface area contributed by atoms with E-state index in [9.17, 15) is 0 Å². The zero-order valence-corrected chi connectivity index (χ0v) is 9.05. The van der Waals surface area contributed by atoms with E-state index in [1.54, 1.807) is 0 Å². The van der Waals surface area contributed by atoms with E-state index in [1.807, 2.05) is 26.0 Å². The lowest BCUT2D eigenvalue weighted by Gasteiger charge is -2.09. The number of rotatable bonds is 4. The summed E-state index contributed by atoms with van der Waals surface area (Å²) in [6, 6.07) is 4.26. The van der Waals surface area contributed by atoms with Gasteiger partial charge in [0, 0.05) is 13.0 Å². The van der Waals surface area contributed by atoms with Crippen LogP contribution in [-0.4, -0.2) is 6.54 Å². The summed E-state index contributed by atoms with van der Waals surface area (Å²) < 4.78 is 5.50. The Kier molecular flexibility index (Phi) is 4.28. The molecule has 1 atom stereocenters. The summed E-state index contributed by atoms with van der Waals surface area (Å²) in [6.45, 7) is 6.82. The summed E-state index contributed by atoms with van der Waals surface area (Å²) in [5, 5.41) is 3.35. The number of aryl methyl sites for hydroxylation is 1. The highest BCUT2D eigenvalue weighted by Gasteiger charge is 2.07. The van der Waals surface area contributed by atoms with Crippen LogP contribution in [0.1, 0.15) is 37.8 Å². The molecule has 0 saturated heterocycles.